The predicted molar refractivity (Wildman–Crippen MR) is 63.5 cm³/mol. The number of aromatic nitrogens is 1. The van der Waals surface area contributed by atoms with E-state index in [9.17, 15) is 4.79 Å². The molecule has 2 rings (SSSR count). The third-order valence-corrected chi connectivity index (χ3v) is 2.79. The van der Waals surface area contributed by atoms with Gasteiger partial charge in [-0.05, 0) is 13.0 Å². The molecule has 0 bridgehead atoms. The summed E-state index contributed by atoms with van der Waals surface area (Å²) in [6.45, 7) is 3.14. The molecule has 1 aliphatic rings. The molecule has 5 nitrogen and oxygen atoms in total. The molecule has 1 atom stereocenters. The van der Waals surface area contributed by atoms with Gasteiger partial charge in [-0.25, -0.2) is 4.98 Å². The van der Waals surface area contributed by atoms with Crippen LogP contribution in [0.1, 0.15) is 6.92 Å². The molecule has 0 saturated carbocycles. The molecule has 1 aromatic rings. The van der Waals surface area contributed by atoms with Crippen LogP contribution in [0.5, 0.6) is 0 Å². The van der Waals surface area contributed by atoms with Crippen molar-refractivity contribution >= 4 is 29.0 Å². The highest BCUT2D eigenvalue weighted by molar-refractivity contribution is 6.29. The molecule has 1 saturated heterocycles. The van der Waals surface area contributed by atoms with E-state index in [0.29, 0.717) is 29.7 Å². The highest BCUT2D eigenvalue weighted by Gasteiger charge is 2.26. The van der Waals surface area contributed by atoms with E-state index in [-0.39, 0.29) is 11.9 Å². The number of amides is 1. The zero-order valence-corrected chi connectivity index (χ0v) is 9.66. The fraction of sp³-hybridized carbons (Fsp3) is 0.400. The number of nitrogens with two attached hydrogens (primary N) is 1. The number of rotatable bonds is 1. The Hall–Kier alpha value is -1.49. The quantitative estimate of drug-likeness (QED) is 0.707. The van der Waals surface area contributed by atoms with Crippen LogP contribution in [0, 0.1) is 0 Å². The van der Waals surface area contributed by atoms with E-state index in [0.717, 1.165) is 0 Å². The molecule has 0 aliphatic carbocycles. The van der Waals surface area contributed by atoms with Crippen molar-refractivity contribution < 1.29 is 4.79 Å². The van der Waals surface area contributed by atoms with E-state index in [1.165, 1.54) is 0 Å². The predicted octanol–water partition coefficient (Wildman–Crippen LogP) is 0.642. The molecule has 6 heteroatoms. The maximum Gasteiger partial charge on any atom is 0.242 e. The lowest BCUT2D eigenvalue weighted by Crippen LogP contribution is -2.54. The van der Waals surface area contributed by atoms with Gasteiger partial charge in [-0.3, -0.25) is 4.79 Å². The molecule has 1 aromatic heterocycles. The Morgan fingerprint density at radius 2 is 2.38 bits per heavy atom. The van der Waals surface area contributed by atoms with Gasteiger partial charge in [-0.2, -0.15) is 0 Å². The summed E-state index contributed by atoms with van der Waals surface area (Å²) in [5, 5.41) is 3.13. The maximum absolute atomic E-state index is 11.5. The summed E-state index contributed by atoms with van der Waals surface area (Å²) in [5.74, 6) is 0.638. The van der Waals surface area contributed by atoms with Gasteiger partial charge >= 0.3 is 0 Å². The van der Waals surface area contributed by atoms with E-state index in [1.54, 1.807) is 12.1 Å². The van der Waals surface area contributed by atoms with Crippen LogP contribution in [0.2, 0.25) is 5.15 Å². The molecule has 1 amide bonds. The molecular formula is C10H13ClN4O. The fourth-order valence-corrected chi connectivity index (χ4v) is 1.96. The molecule has 0 spiro atoms. The first-order valence-corrected chi connectivity index (χ1v) is 5.43. The second-order valence-corrected chi connectivity index (χ2v) is 4.13. The number of piperazine rings is 1. The third-order valence-electron chi connectivity index (χ3n) is 2.60. The average molecular weight is 241 g/mol. The average Bonchev–Trinajstić information content (AvgIpc) is 2.20. The Balaban J connectivity index is 2.32. The van der Waals surface area contributed by atoms with Gasteiger partial charge < -0.3 is 16.0 Å². The lowest BCUT2D eigenvalue weighted by molar-refractivity contribution is -0.122. The number of nitrogens with zero attached hydrogens (tertiary/aromatic N) is 2. The third kappa shape index (κ3) is 2.04. The molecule has 0 aromatic carbocycles. The summed E-state index contributed by atoms with van der Waals surface area (Å²) in [6, 6.07) is 3.06. The fourth-order valence-electron chi connectivity index (χ4n) is 1.74. The first-order valence-electron chi connectivity index (χ1n) is 5.05. The van der Waals surface area contributed by atoms with Crippen LogP contribution in [-0.2, 0) is 4.79 Å². The smallest absolute Gasteiger partial charge is 0.242 e. The summed E-state index contributed by atoms with van der Waals surface area (Å²) in [4.78, 5) is 17.6. The lowest BCUT2D eigenvalue weighted by Gasteiger charge is -2.33. The zero-order chi connectivity index (χ0) is 11.7. The summed E-state index contributed by atoms with van der Waals surface area (Å²) in [7, 11) is 0. The van der Waals surface area contributed by atoms with Crippen LogP contribution in [0.3, 0.4) is 0 Å². The Morgan fingerprint density at radius 1 is 1.62 bits per heavy atom. The lowest BCUT2D eigenvalue weighted by atomic mass is 10.2. The first-order chi connectivity index (χ1) is 7.58. The van der Waals surface area contributed by atoms with Gasteiger partial charge in [-0.15, -0.1) is 0 Å². The maximum atomic E-state index is 11.5. The van der Waals surface area contributed by atoms with Crippen molar-refractivity contribution in [3.63, 3.8) is 0 Å². The standard InChI is InChI=1S/C10H13ClN4O/c1-6-10(16)13-2-3-15(6)9-5-7(12)4-8(11)14-9/h4-6H,2-3H2,1H3,(H2,12,14)(H,13,16). The number of hydrogen-bond donors (Lipinski definition) is 2. The van der Waals surface area contributed by atoms with Gasteiger partial charge in [0.15, 0.2) is 0 Å². The van der Waals surface area contributed by atoms with E-state index < -0.39 is 0 Å². The van der Waals surface area contributed by atoms with Gasteiger partial charge in [-0.1, -0.05) is 11.6 Å². The monoisotopic (exact) mass is 240 g/mol. The van der Waals surface area contributed by atoms with Crippen molar-refractivity contribution in [1.29, 1.82) is 0 Å². The van der Waals surface area contributed by atoms with Crippen LogP contribution in [0.25, 0.3) is 0 Å². The number of hydrogen-bond acceptors (Lipinski definition) is 4. The van der Waals surface area contributed by atoms with Crippen molar-refractivity contribution in [2.24, 2.45) is 0 Å². The Labute approximate surface area is 98.6 Å². The number of anilines is 2. The van der Waals surface area contributed by atoms with Crippen LogP contribution in [-0.4, -0.2) is 30.0 Å². The normalized spacial score (nSPS) is 20.8. The molecular weight excluding hydrogens is 228 g/mol. The van der Waals surface area contributed by atoms with Crippen molar-refractivity contribution in [3.8, 4) is 0 Å². The van der Waals surface area contributed by atoms with E-state index >= 15 is 0 Å². The summed E-state index contributed by atoms with van der Waals surface area (Å²) >= 11 is 5.84. The van der Waals surface area contributed by atoms with Crippen LogP contribution < -0.4 is 16.0 Å². The second-order valence-electron chi connectivity index (χ2n) is 3.74. The minimum Gasteiger partial charge on any atom is -0.399 e. The van der Waals surface area contributed by atoms with Gasteiger partial charge in [0.05, 0.1) is 0 Å². The van der Waals surface area contributed by atoms with Crippen LogP contribution >= 0.6 is 11.6 Å². The Kier molecular flexibility index (Phi) is 2.87. The van der Waals surface area contributed by atoms with Crippen LogP contribution in [0.15, 0.2) is 12.1 Å². The van der Waals surface area contributed by atoms with Crippen molar-refractivity contribution in [3.05, 3.63) is 17.3 Å². The Morgan fingerprint density at radius 3 is 3.06 bits per heavy atom. The molecule has 1 aliphatic heterocycles. The van der Waals surface area contributed by atoms with Gasteiger partial charge in [0.1, 0.15) is 17.0 Å². The molecule has 16 heavy (non-hydrogen) atoms. The minimum atomic E-state index is -0.251. The number of carbonyl (C=O) groups excluding carboxylic acids is 1. The van der Waals surface area contributed by atoms with Gasteiger partial charge in [0.2, 0.25) is 5.91 Å². The SMILES string of the molecule is CC1C(=O)NCCN1c1cc(N)cc(Cl)n1. The van der Waals surface area contributed by atoms with E-state index in [4.69, 9.17) is 17.3 Å². The molecule has 1 fully saturated rings. The van der Waals surface area contributed by atoms with Gasteiger partial charge in [0.25, 0.3) is 0 Å². The van der Waals surface area contributed by atoms with E-state index in [1.807, 2.05) is 11.8 Å². The largest absolute Gasteiger partial charge is 0.399 e. The van der Waals surface area contributed by atoms with Crippen molar-refractivity contribution in [2.75, 3.05) is 23.7 Å². The van der Waals surface area contributed by atoms with Crippen molar-refractivity contribution in [1.82, 2.24) is 10.3 Å². The summed E-state index contributed by atoms with van der Waals surface area (Å²) < 4.78 is 0. The highest BCUT2D eigenvalue weighted by atomic mass is 35.5. The van der Waals surface area contributed by atoms with Gasteiger partial charge in [0, 0.05) is 24.8 Å². The highest BCUT2D eigenvalue weighted by Crippen LogP contribution is 2.22. The van der Waals surface area contributed by atoms with E-state index in [2.05, 4.69) is 10.3 Å². The molecule has 1 unspecified atom stereocenters. The number of carbonyl (C=O) groups is 1. The van der Waals surface area contributed by atoms with Crippen molar-refractivity contribution in [2.45, 2.75) is 13.0 Å². The molecule has 3 N–H and O–H groups in total. The minimum absolute atomic E-state index is 0.00778. The van der Waals surface area contributed by atoms with Crippen LogP contribution in [0.4, 0.5) is 11.5 Å². The molecule has 2 heterocycles. The number of pyridine rings is 1. The summed E-state index contributed by atoms with van der Waals surface area (Å²) in [6.07, 6.45) is 0. The number of halogens is 1. The first kappa shape index (κ1) is 11.0. The number of nitrogens with one attached hydrogen (secondary N) is 1. The second kappa shape index (κ2) is 4.17. The number of nitrogen functional groups attached to an aromatic ring is 1. The Bertz CT molecular complexity index is 403. The zero-order valence-electron chi connectivity index (χ0n) is 8.90. The molecule has 0 radical (unpaired) electrons. The summed E-state index contributed by atoms with van der Waals surface area (Å²) in [5.41, 5.74) is 6.24. The molecule has 86 valence electrons. The topological polar surface area (TPSA) is 71.2 Å².